The highest BCUT2D eigenvalue weighted by Crippen LogP contribution is 2.34. The molecule has 0 bridgehead atoms. The molecule has 0 amide bonds. The van der Waals surface area contributed by atoms with Gasteiger partial charge in [0.25, 0.3) is 0 Å². The van der Waals surface area contributed by atoms with Gasteiger partial charge in [0.1, 0.15) is 0 Å². The van der Waals surface area contributed by atoms with Crippen molar-refractivity contribution in [3.63, 3.8) is 0 Å². The number of nitrogens with two attached hydrogens (primary N) is 1. The molecular formula is C12H25N3. The molecule has 1 saturated heterocycles. The van der Waals surface area contributed by atoms with Crippen molar-refractivity contribution in [3.8, 4) is 0 Å². The molecule has 1 aliphatic carbocycles. The molecule has 2 aliphatic rings. The molecule has 0 aromatic heterocycles. The second-order valence-electron chi connectivity index (χ2n) is 5.57. The Hall–Kier alpha value is -0.120. The van der Waals surface area contributed by atoms with Gasteiger partial charge in [-0.05, 0) is 32.9 Å². The number of hydrogen-bond acceptors (Lipinski definition) is 3. The monoisotopic (exact) mass is 211 g/mol. The van der Waals surface area contributed by atoms with Crippen LogP contribution in [0.4, 0.5) is 0 Å². The average Bonchev–Trinajstić information content (AvgIpc) is 2.23. The molecule has 0 spiro atoms. The Morgan fingerprint density at radius 3 is 2.53 bits per heavy atom. The summed E-state index contributed by atoms with van der Waals surface area (Å²) in [7, 11) is 4.29. The van der Waals surface area contributed by atoms with Crippen LogP contribution in [0.3, 0.4) is 0 Å². The van der Waals surface area contributed by atoms with E-state index in [0.29, 0.717) is 30.1 Å². The van der Waals surface area contributed by atoms with Gasteiger partial charge in [-0.25, -0.2) is 0 Å². The lowest BCUT2D eigenvalue weighted by atomic mass is 9.72. The summed E-state index contributed by atoms with van der Waals surface area (Å²) in [6.07, 6.45) is 5.84. The number of rotatable bonds is 1. The van der Waals surface area contributed by atoms with Crippen molar-refractivity contribution < 1.29 is 0 Å². The van der Waals surface area contributed by atoms with Gasteiger partial charge in [-0.15, -0.1) is 0 Å². The molecule has 0 radical (unpaired) electrons. The molecule has 0 aromatic rings. The van der Waals surface area contributed by atoms with Crippen LogP contribution in [0.25, 0.3) is 0 Å². The second-order valence-corrected chi connectivity index (χ2v) is 5.57. The largest absolute Gasteiger partial charge is 0.327 e. The molecule has 1 aliphatic heterocycles. The summed E-state index contributed by atoms with van der Waals surface area (Å²) >= 11 is 0. The van der Waals surface area contributed by atoms with E-state index in [1.807, 2.05) is 0 Å². The van der Waals surface area contributed by atoms with Gasteiger partial charge in [0.2, 0.25) is 0 Å². The molecule has 5 atom stereocenters. The minimum absolute atomic E-state index is 0.379. The Morgan fingerprint density at radius 2 is 1.87 bits per heavy atom. The van der Waals surface area contributed by atoms with E-state index in [-0.39, 0.29) is 0 Å². The number of nitrogens with zero attached hydrogens (tertiary/aromatic N) is 1. The minimum atomic E-state index is 0.379. The highest BCUT2D eigenvalue weighted by Gasteiger charge is 2.41. The fourth-order valence-corrected chi connectivity index (χ4v) is 3.42. The predicted molar refractivity (Wildman–Crippen MR) is 63.5 cm³/mol. The van der Waals surface area contributed by atoms with E-state index in [4.69, 9.17) is 5.73 Å². The van der Waals surface area contributed by atoms with E-state index in [1.54, 1.807) is 0 Å². The Morgan fingerprint density at radius 1 is 1.20 bits per heavy atom. The second kappa shape index (κ2) is 4.40. The number of fused-ring (bicyclic) bond motifs is 1. The van der Waals surface area contributed by atoms with Gasteiger partial charge in [0.05, 0.1) is 6.17 Å². The standard InChI is InChI=1S/C12H25N3/c1-8-11(13)9-6-4-5-7-10(9)14-12(8)15(2)3/h8-12,14H,4-7,13H2,1-3H3. The summed E-state index contributed by atoms with van der Waals surface area (Å²) in [5.74, 6) is 1.27. The van der Waals surface area contributed by atoms with Gasteiger partial charge in [0.15, 0.2) is 0 Å². The third kappa shape index (κ3) is 2.05. The quantitative estimate of drug-likeness (QED) is 0.680. The zero-order valence-electron chi connectivity index (χ0n) is 10.2. The summed E-state index contributed by atoms with van der Waals surface area (Å²) in [4.78, 5) is 2.27. The van der Waals surface area contributed by atoms with Crippen molar-refractivity contribution >= 4 is 0 Å². The van der Waals surface area contributed by atoms with Crippen LogP contribution in [0, 0.1) is 11.8 Å². The lowest BCUT2D eigenvalue weighted by Crippen LogP contribution is -2.65. The van der Waals surface area contributed by atoms with Gasteiger partial charge < -0.3 is 5.73 Å². The molecule has 88 valence electrons. The van der Waals surface area contributed by atoms with Crippen LogP contribution in [0.5, 0.6) is 0 Å². The molecular weight excluding hydrogens is 186 g/mol. The van der Waals surface area contributed by atoms with Crippen molar-refractivity contribution in [1.29, 1.82) is 0 Å². The van der Waals surface area contributed by atoms with E-state index < -0.39 is 0 Å². The van der Waals surface area contributed by atoms with Crippen molar-refractivity contribution in [1.82, 2.24) is 10.2 Å². The molecule has 1 heterocycles. The fourth-order valence-electron chi connectivity index (χ4n) is 3.42. The van der Waals surface area contributed by atoms with Crippen molar-refractivity contribution in [2.45, 2.75) is 50.9 Å². The third-order valence-electron chi connectivity index (χ3n) is 4.36. The number of piperidine rings is 1. The van der Waals surface area contributed by atoms with Crippen LogP contribution in [0.15, 0.2) is 0 Å². The van der Waals surface area contributed by atoms with Crippen LogP contribution in [0.2, 0.25) is 0 Å². The Bertz CT molecular complexity index is 215. The van der Waals surface area contributed by atoms with Crippen molar-refractivity contribution in [2.75, 3.05) is 14.1 Å². The Kier molecular flexibility index (Phi) is 3.33. The predicted octanol–water partition coefficient (Wildman–Crippen LogP) is 1.000. The normalized spacial score (nSPS) is 46.6. The third-order valence-corrected chi connectivity index (χ3v) is 4.36. The number of hydrogen-bond donors (Lipinski definition) is 2. The first-order valence-corrected chi connectivity index (χ1v) is 6.29. The first-order chi connectivity index (χ1) is 7.11. The van der Waals surface area contributed by atoms with Gasteiger partial charge >= 0.3 is 0 Å². The van der Waals surface area contributed by atoms with Gasteiger partial charge in [0, 0.05) is 18.0 Å². The van der Waals surface area contributed by atoms with E-state index >= 15 is 0 Å². The summed E-state index contributed by atoms with van der Waals surface area (Å²) in [6.45, 7) is 2.28. The molecule has 3 nitrogen and oxygen atoms in total. The molecule has 2 rings (SSSR count). The lowest BCUT2D eigenvalue weighted by Gasteiger charge is -2.49. The first-order valence-electron chi connectivity index (χ1n) is 6.29. The van der Waals surface area contributed by atoms with Crippen LogP contribution >= 0.6 is 0 Å². The van der Waals surface area contributed by atoms with E-state index in [1.165, 1.54) is 25.7 Å². The van der Waals surface area contributed by atoms with E-state index in [9.17, 15) is 0 Å². The van der Waals surface area contributed by atoms with Crippen molar-refractivity contribution in [3.05, 3.63) is 0 Å². The molecule has 3 N–H and O–H groups in total. The lowest BCUT2D eigenvalue weighted by molar-refractivity contribution is 0.0412. The Balaban J connectivity index is 2.09. The molecule has 5 unspecified atom stereocenters. The van der Waals surface area contributed by atoms with Crippen molar-refractivity contribution in [2.24, 2.45) is 17.6 Å². The molecule has 0 aromatic carbocycles. The first kappa shape index (κ1) is 11.4. The summed E-state index contributed by atoms with van der Waals surface area (Å²) < 4.78 is 0. The topological polar surface area (TPSA) is 41.3 Å². The van der Waals surface area contributed by atoms with E-state index in [0.717, 1.165) is 0 Å². The molecule has 2 fully saturated rings. The number of nitrogens with one attached hydrogen (secondary N) is 1. The smallest absolute Gasteiger partial charge is 0.0635 e. The van der Waals surface area contributed by atoms with Gasteiger partial charge in [-0.3, -0.25) is 10.2 Å². The highest BCUT2D eigenvalue weighted by molar-refractivity contribution is 4.98. The average molecular weight is 211 g/mol. The molecule has 15 heavy (non-hydrogen) atoms. The Labute approximate surface area is 93.4 Å². The molecule has 3 heteroatoms. The van der Waals surface area contributed by atoms with Crippen LogP contribution < -0.4 is 11.1 Å². The maximum Gasteiger partial charge on any atom is 0.0635 e. The van der Waals surface area contributed by atoms with Gasteiger partial charge in [-0.2, -0.15) is 0 Å². The summed E-state index contributed by atoms with van der Waals surface area (Å²) in [5, 5.41) is 3.78. The summed E-state index contributed by atoms with van der Waals surface area (Å²) in [6, 6.07) is 1.04. The fraction of sp³-hybridized carbons (Fsp3) is 1.00. The zero-order chi connectivity index (χ0) is 11.0. The van der Waals surface area contributed by atoms with Crippen LogP contribution in [-0.4, -0.2) is 37.2 Å². The summed E-state index contributed by atoms with van der Waals surface area (Å²) in [5.41, 5.74) is 6.39. The SMILES string of the molecule is CC1C(N)C2CCCCC2NC1N(C)C. The van der Waals surface area contributed by atoms with Crippen LogP contribution in [0.1, 0.15) is 32.6 Å². The van der Waals surface area contributed by atoms with Crippen LogP contribution in [-0.2, 0) is 0 Å². The molecule has 1 saturated carbocycles. The van der Waals surface area contributed by atoms with E-state index in [2.05, 4.69) is 31.2 Å². The van der Waals surface area contributed by atoms with Gasteiger partial charge in [-0.1, -0.05) is 19.8 Å². The minimum Gasteiger partial charge on any atom is -0.327 e. The maximum absolute atomic E-state index is 6.39. The maximum atomic E-state index is 6.39. The highest BCUT2D eigenvalue weighted by atomic mass is 15.3. The zero-order valence-corrected chi connectivity index (χ0v) is 10.2.